The van der Waals surface area contributed by atoms with Crippen molar-refractivity contribution in [3.05, 3.63) is 68.8 Å². The van der Waals surface area contributed by atoms with Gasteiger partial charge in [0.25, 0.3) is 0 Å². The molecule has 2 aromatic carbocycles. The Balaban J connectivity index is 2.70. The Hall–Kier alpha value is -1.60. The molecular formula is C20H27N. The molecule has 0 aromatic heterocycles. The van der Waals surface area contributed by atoms with Crippen LogP contribution in [0.3, 0.4) is 0 Å². The zero-order valence-electron chi connectivity index (χ0n) is 14.4. The highest BCUT2D eigenvalue weighted by molar-refractivity contribution is 5.50. The minimum absolute atomic E-state index is 0.253. The Morgan fingerprint density at radius 3 is 1.86 bits per heavy atom. The highest BCUT2D eigenvalue weighted by atomic mass is 14.9. The van der Waals surface area contributed by atoms with Gasteiger partial charge in [0.2, 0.25) is 0 Å². The Bertz CT molecular complexity index is 642. The van der Waals surface area contributed by atoms with Crippen molar-refractivity contribution >= 4 is 0 Å². The molecule has 0 spiro atoms. The first kappa shape index (κ1) is 15.8. The van der Waals surface area contributed by atoms with Crippen molar-refractivity contribution in [2.75, 3.05) is 7.05 Å². The fourth-order valence-electron chi connectivity index (χ4n) is 3.21. The average molecular weight is 281 g/mol. The molecule has 0 aliphatic carbocycles. The zero-order chi connectivity index (χ0) is 15.7. The van der Waals surface area contributed by atoms with E-state index in [-0.39, 0.29) is 6.04 Å². The third kappa shape index (κ3) is 2.89. The normalized spacial score (nSPS) is 12.5. The maximum Gasteiger partial charge on any atom is 0.0582 e. The minimum Gasteiger partial charge on any atom is -0.309 e. The van der Waals surface area contributed by atoms with Crippen LogP contribution in [0.5, 0.6) is 0 Å². The Morgan fingerprint density at radius 1 is 0.762 bits per heavy atom. The first-order valence-electron chi connectivity index (χ1n) is 7.68. The largest absolute Gasteiger partial charge is 0.309 e. The van der Waals surface area contributed by atoms with E-state index in [1.807, 2.05) is 0 Å². The monoisotopic (exact) mass is 281 g/mol. The van der Waals surface area contributed by atoms with Gasteiger partial charge in [0.1, 0.15) is 0 Å². The van der Waals surface area contributed by atoms with Crippen LogP contribution in [0, 0.1) is 41.5 Å². The van der Waals surface area contributed by atoms with Crippen LogP contribution in [0.25, 0.3) is 0 Å². The van der Waals surface area contributed by atoms with E-state index < -0.39 is 0 Å². The summed E-state index contributed by atoms with van der Waals surface area (Å²) in [6, 6.07) is 9.27. The molecular weight excluding hydrogens is 254 g/mol. The van der Waals surface area contributed by atoms with E-state index in [0.29, 0.717) is 0 Å². The van der Waals surface area contributed by atoms with Crippen LogP contribution in [0.1, 0.15) is 50.5 Å². The topological polar surface area (TPSA) is 12.0 Å². The number of rotatable bonds is 3. The second kappa shape index (κ2) is 6.03. The molecule has 1 atom stereocenters. The van der Waals surface area contributed by atoms with Crippen molar-refractivity contribution < 1.29 is 0 Å². The van der Waals surface area contributed by atoms with Crippen molar-refractivity contribution in [2.24, 2.45) is 0 Å². The molecule has 0 saturated heterocycles. The Labute approximate surface area is 129 Å². The van der Waals surface area contributed by atoms with E-state index in [2.05, 4.69) is 78.2 Å². The van der Waals surface area contributed by atoms with Gasteiger partial charge >= 0.3 is 0 Å². The summed E-state index contributed by atoms with van der Waals surface area (Å²) in [5, 5.41) is 3.54. The molecule has 0 aliphatic heterocycles. The lowest BCUT2D eigenvalue weighted by Crippen LogP contribution is -2.21. The fraction of sp³-hybridized carbons (Fsp3) is 0.400. The van der Waals surface area contributed by atoms with E-state index in [1.54, 1.807) is 0 Å². The van der Waals surface area contributed by atoms with Crippen molar-refractivity contribution in [3.8, 4) is 0 Å². The summed E-state index contributed by atoms with van der Waals surface area (Å²) in [4.78, 5) is 0. The summed E-state index contributed by atoms with van der Waals surface area (Å²) >= 11 is 0. The van der Waals surface area contributed by atoms with Gasteiger partial charge in [0.05, 0.1) is 6.04 Å². The number of benzene rings is 2. The van der Waals surface area contributed by atoms with Gasteiger partial charge in [0.15, 0.2) is 0 Å². The third-order valence-electron chi connectivity index (χ3n) is 4.75. The van der Waals surface area contributed by atoms with E-state index in [1.165, 1.54) is 44.5 Å². The smallest absolute Gasteiger partial charge is 0.0582 e. The lowest BCUT2D eigenvalue weighted by atomic mass is 9.85. The molecule has 2 rings (SSSR count). The molecule has 1 nitrogen and oxygen atoms in total. The maximum atomic E-state index is 3.54. The van der Waals surface area contributed by atoms with Gasteiger partial charge in [-0.2, -0.15) is 0 Å². The summed E-state index contributed by atoms with van der Waals surface area (Å²) in [5.41, 5.74) is 11.0. The molecule has 0 fully saturated rings. The van der Waals surface area contributed by atoms with Crippen molar-refractivity contribution in [2.45, 2.75) is 47.6 Å². The van der Waals surface area contributed by atoms with Crippen molar-refractivity contribution in [1.82, 2.24) is 5.32 Å². The van der Waals surface area contributed by atoms with Gasteiger partial charge in [-0.15, -0.1) is 0 Å². The Morgan fingerprint density at radius 2 is 1.33 bits per heavy atom. The summed E-state index contributed by atoms with van der Waals surface area (Å²) in [6.07, 6.45) is 0. The van der Waals surface area contributed by atoms with Crippen LogP contribution >= 0.6 is 0 Å². The Kier molecular flexibility index (Phi) is 4.53. The molecule has 0 heterocycles. The predicted octanol–water partition coefficient (Wildman–Crippen LogP) is 4.85. The van der Waals surface area contributed by atoms with E-state index >= 15 is 0 Å². The molecule has 0 saturated carbocycles. The number of hydrogen-bond donors (Lipinski definition) is 1. The van der Waals surface area contributed by atoms with Crippen molar-refractivity contribution in [3.63, 3.8) is 0 Å². The first-order valence-corrected chi connectivity index (χ1v) is 7.68. The fourth-order valence-corrected chi connectivity index (χ4v) is 3.21. The molecule has 1 heteroatoms. The summed E-state index contributed by atoms with van der Waals surface area (Å²) < 4.78 is 0. The molecule has 1 unspecified atom stereocenters. The van der Waals surface area contributed by atoms with Gasteiger partial charge < -0.3 is 5.32 Å². The number of hydrogen-bond acceptors (Lipinski definition) is 1. The van der Waals surface area contributed by atoms with Gasteiger partial charge in [-0.05, 0) is 87.5 Å². The molecule has 0 amide bonds. The highest BCUT2D eigenvalue weighted by Crippen LogP contribution is 2.33. The van der Waals surface area contributed by atoms with E-state index in [4.69, 9.17) is 0 Å². The van der Waals surface area contributed by atoms with Crippen LogP contribution in [0.15, 0.2) is 24.3 Å². The average Bonchev–Trinajstić information content (AvgIpc) is 2.44. The van der Waals surface area contributed by atoms with Gasteiger partial charge in [0, 0.05) is 0 Å². The highest BCUT2D eigenvalue weighted by Gasteiger charge is 2.20. The van der Waals surface area contributed by atoms with Gasteiger partial charge in [-0.25, -0.2) is 0 Å². The van der Waals surface area contributed by atoms with Crippen LogP contribution in [0.2, 0.25) is 0 Å². The minimum atomic E-state index is 0.253. The summed E-state index contributed by atoms with van der Waals surface area (Å²) in [6.45, 7) is 13.3. The second-order valence-electron chi connectivity index (χ2n) is 6.26. The van der Waals surface area contributed by atoms with Crippen LogP contribution in [-0.4, -0.2) is 7.05 Å². The third-order valence-corrected chi connectivity index (χ3v) is 4.75. The summed E-state index contributed by atoms with van der Waals surface area (Å²) in [5.74, 6) is 0. The van der Waals surface area contributed by atoms with E-state index in [0.717, 1.165) is 0 Å². The molecule has 1 N–H and O–H groups in total. The van der Waals surface area contributed by atoms with Crippen LogP contribution in [-0.2, 0) is 0 Å². The molecule has 0 radical (unpaired) electrons. The number of aryl methyl sites for hydroxylation is 4. The molecule has 0 bridgehead atoms. The SMILES string of the molecule is CNC(c1cc(C)ccc1C)c1c(C)c(C)cc(C)c1C. The second-order valence-corrected chi connectivity index (χ2v) is 6.26. The number of nitrogens with one attached hydrogen (secondary N) is 1. The standard InChI is InChI=1S/C20H27N/c1-12-8-9-13(2)18(10-12)20(21-7)19-16(5)14(3)11-15(4)17(19)6/h8-11,20-21H,1-7H3. The van der Waals surface area contributed by atoms with Crippen LogP contribution < -0.4 is 5.32 Å². The molecule has 112 valence electrons. The van der Waals surface area contributed by atoms with E-state index in [9.17, 15) is 0 Å². The first-order chi connectivity index (χ1) is 9.86. The molecule has 2 aromatic rings. The lowest BCUT2D eigenvalue weighted by Gasteiger charge is -2.26. The predicted molar refractivity (Wildman–Crippen MR) is 92.2 cm³/mol. The maximum absolute atomic E-state index is 3.54. The zero-order valence-corrected chi connectivity index (χ0v) is 14.4. The summed E-state index contributed by atoms with van der Waals surface area (Å²) in [7, 11) is 2.06. The molecule has 21 heavy (non-hydrogen) atoms. The molecule has 0 aliphatic rings. The van der Waals surface area contributed by atoms with Gasteiger partial charge in [-0.3, -0.25) is 0 Å². The van der Waals surface area contributed by atoms with Gasteiger partial charge in [-0.1, -0.05) is 29.8 Å². The quantitative estimate of drug-likeness (QED) is 0.848. The van der Waals surface area contributed by atoms with Crippen molar-refractivity contribution in [1.29, 1.82) is 0 Å². The lowest BCUT2D eigenvalue weighted by molar-refractivity contribution is 0.676. The van der Waals surface area contributed by atoms with Crippen LogP contribution in [0.4, 0.5) is 0 Å².